The van der Waals surface area contributed by atoms with Crippen LogP contribution in [-0.4, -0.2) is 32.1 Å². The smallest absolute Gasteiger partial charge is 0.336 e. The van der Waals surface area contributed by atoms with Crippen molar-refractivity contribution in [2.45, 2.75) is 39.7 Å². The van der Waals surface area contributed by atoms with Crippen LogP contribution >= 0.6 is 0 Å². The molecule has 1 N–H and O–H groups in total. The fourth-order valence-electron chi connectivity index (χ4n) is 4.64. The first-order valence-corrected chi connectivity index (χ1v) is 10.9. The highest BCUT2D eigenvalue weighted by molar-refractivity contribution is 6.05. The fraction of sp³-hybridized carbons (Fsp3) is 0.360. The van der Waals surface area contributed by atoms with E-state index in [1.807, 2.05) is 12.1 Å². The second-order valence-corrected chi connectivity index (χ2v) is 8.29. The van der Waals surface area contributed by atoms with Gasteiger partial charge in [0.05, 0.1) is 25.4 Å². The molecule has 1 aliphatic carbocycles. The van der Waals surface area contributed by atoms with Gasteiger partial charge in [0, 0.05) is 28.4 Å². The molecule has 0 saturated heterocycles. The number of carbonyl (C=O) groups is 3. The Morgan fingerprint density at radius 2 is 1.56 bits per heavy atom. The van der Waals surface area contributed by atoms with Crippen LogP contribution in [0.3, 0.4) is 0 Å². The number of benzene rings is 1. The number of nitrogens with one attached hydrogen (secondary N) is 1. The molecule has 0 atom stereocenters. The number of dihydropyridines is 1. The van der Waals surface area contributed by atoms with Gasteiger partial charge in [-0.25, -0.2) is 14.4 Å². The zero-order valence-electron chi connectivity index (χ0n) is 19.4. The molecule has 1 aliphatic heterocycles. The first-order chi connectivity index (χ1) is 16.2. The van der Waals surface area contributed by atoms with Crippen LogP contribution in [0, 0.1) is 5.92 Å². The Balaban J connectivity index is 1.70. The molecular weight excluding hydrogens is 442 g/mol. The number of carbonyl (C=O) groups excluding carboxylic acids is 3. The van der Waals surface area contributed by atoms with Crippen LogP contribution in [-0.2, 0) is 48.0 Å². The minimum Gasteiger partial charge on any atom is -0.466 e. The van der Waals surface area contributed by atoms with E-state index in [1.54, 1.807) is 13.8 Å². The lowest BCUT2D eigenvalue weighted by Gasteiger charge is -2.28. The molecule has 0 fully saturated rings. The lowest BCUT2D eigenvalue weighted by atomic mass is 9.85. The molecule has 4 rings (SSSR count). The van der Waals surface area contributed by atoms with Crippen LogP contribution in [0.2, 0.25) is 0 Å². The van der Waals surface area contributed by atoms with Crippen molar-refractivity contribution < 1.29 is 33.0 Å². The maximum absolute atomic E-state index is 13.3. The van der Waals surface area contributed by atoms with Crippen molar-refractivity contribution in [1.82, 2.24) is 5.32 Å². The van der Waals surface area contributed by atoms with Crippen LogP contribution in [0.25, 0.3) is 11.0 Å². The van der Waals surface area contributed by atoms with E-state index >= 15 is 0 Å². The van der Waals surface area contributed by atoms with Gasteiger partial charge in [-0.1, -0.05) is 0 Å². The monoisotopic (exact) mass is 467 g/mol. The van der Waals surface area contributed by atoms with Crippen molar-refractivity contribution in [3.8, 4) is 0 Å². The van der Waals surface area contributed by atoms with Gasteiger partial charge in [-0.15, -0.1) is 0 Å². The van der Waals surface area contributed by atoms with Gasteiger partial charge in [-0.3, -0.25) is 4.79 Å². The number of esters is 3. The summed E-state index contributed by atoms with van der Waals surface area (Å²) in [7, 11) is 2.36. The number of hydrogen-bond donors (Lipinski definition) is 1. The normalized spacial score (nSPS) is 15.8. The third-order valence-corrected chi connectivity index (χ3v) is 6.22. The number of fused-ring (bicyclic) bond motifs is 2. The topological polar surface area (TPSA) is 121 Å². The largest absolute Gasteiger partial charge is 0.466 e. The molecule has 0 bridgehead atoms. The zero-order valence-corrected chi connectivity index (χ0v) is 19.4. The standard InChI is InChI=1S/C25H25NO8/c1-12-20(23(28)31-3)22(21(13(2)26-12)24(29)32-4)25(30)33-11-16-10-19(27)34-18-9-15-7-5-6-14(15)8-17(16)18/h8-10,22,26H,5-7,11H2,1-4H3. The summed E-state index contributed by atoms with van der Waals surface area (Å²) in [5.74, 6) is -3.75. The molecular formula is C25H25NO8. The van der Waals surface area contributed by atoms with E-state index < -0.39 is 29.5 Å². The minimum absolute atomic E-state index is 0.0475. The van der Waals surface area contributed by atoms with E-state index in [2.05, 4.69) is 5.32 Å². The van der Waals surface area contributed by atoms with Crippen LogP contribution in [0.1, 0.15) is 37.0 Å². The Morgan fingerprint density at radius 1 is 0.971 bits per heavy atom. The molecule has 2 aliphatic rings. The Bertz CT molecular complexity index is 1290. The fourth-order valence-corrected chi connectivity index (χ4v) is 4.64. The summed E-state index contributed by atoms with van der Waals surface area (Å²) in [6, 6.07) is 5.10. The molecule has 2 aromatic rings. The van der Waals surface area contributed by atoms with Crippen LogP contribution in [0.15, 0.2) is 50.0 Å². The second kappa shape index (κ2) is 9.17. The van der Waals surface area contributed by atoms with E-state index in [9.17, 15) is 19.2 Å². The summed E-state index contributed by atoms with van der Waals surface area (Å²) < 4.78 is 20.6. The van der Waals surface area contributed by atoms with Gasteiger partial charge in [0.25, 0.3) is 0 Å². The summed E-state index contributed by atoms with van der Waals surface area (Å²) in [5, 5.41) is 3.60. The summed E-state index contributed by atoms with van der Waals surface area (Å²) in [6.07, 6.45) is 2.88. The van der Waals surface area contributed by atoms with Crippen molar-refractivity contribution in [3.05, 3.63) is 67.8 Å². The minimum atomic E-state index is -1.35. The number of rotatable bonds is 5. The first-order valence-electron chi connectivity index (χ1n) is 10.9. The van der Waals surface area contributed by atoms with E-state index in [1.165, 1.54) is 25.8 Å². The van der Waals surface area contributed by atoms with E-state index in [4.69, 9.17) is 18.6 Å². The lowest BCUT2D eigenvalue weighted by Crippen LogP contribution is -2.37. The van der Waals surface area contributed by atoms with E-state index in [0.29, 0.717) is 27.9 Å². The molecule has 1 aromatic carbocycles. The van der Waals surface area contributed by atoms with Gasteiger partial charge < -0.3 is 23.9 Å². The summed E-state index contributed by atoms with van der Waals surface area (Å²) in [6.45, 7) is 2.95. The van der Waals surface area contributed by atoms with Crippen molar-refractivity contribution >= 4 is 28.9 Å². The highest BCUT2D eigenvalue weighted by atomic mass is 16.5. The maximum Gasteiger partial charge on any atom is 0.336 e. The van der Waals surface area contributed by atoms with Crippen molar-refractivity contribution in [3.63, 3.8) is 0 Å². The molecule has 178 valence electrons. The number of ether oxygens (including phenoxy) is 3. The molecule has 9 heteroatoms. The number of aryl methyl sites for hydroxylation is 2. The van der Waals surface area contributed by atoms with Gasteiger partial charge in [-0.2, -0.15) is 0 Å². The van der Waals surface area contributed by atoms with Crippen molar-refractivity contribution in [1.29, 1.82) is 0 Å². The molecule has 0 amide bonds. The first kappa shape index (κ1) is 23.3. The molecule has 1 aromatic heterocycles. The Kier molecular flexibility index (Phi) is 6.28. The van der Waals surface area contributed by atoms with Crippen molar-refractivity contribution in [2.24, 2.45) is 5.92 Å². The van der Waals surface area contributed by atoms with E-state index in [-0.39, 0.29) is 17.8 Å². The molecule has 0 saturated carbocycles. The third-order valence-electron chi connectivity index (χ3n) is 6.22. The average Bonchev–Trinajstić information content (AvgIpc) is 3.26. The number of allylic oxidation sites excluding steroid dienone is 2. The summed E-state index contributed by atoms with van der Waals surface area (Å²) >= 11 is 0. The summed E-state index contributed by atoms with van der Waals surface area (Å²) in [4.78, 5) is 50.4. The SMILES string of the molecule is COC(=O)C1=C(C)NC(C)=C(C(=O)OC)C1C(=O)OCc1cc(=O)oc2cc3c(cc12)CCC3. The maximum atomic E-state index is 13.3. The lowest BCUT2D eigenvalue weighted by molar-refractivity contribution is -0.152. The molecule has 0 unspecified atom stereocenters. The molecule has 34 heavy (non-hydrogen) atoms. The quantitative estimate of drug-likeness (QED) is 0.401. The highest BCUT2D eigenvalue weighted by Crippen LogP contribution is 2.33. The summed E-state index contributed by atoms with van der Waals surface area (Å²) in [5.41, 5.74) is 3.29. The van der Waals surface area contributed by atoms with Gasteiger partial charge in [0.1, 0.15) is 18.1 Å². The van der Waals surface area contributed by atoms with Crippen LogP contribution in [0.4, 0.5) is 0 Å². The Labute approximate surface area is 195 Å². The average molecular weight is 467 g/mol. The van der Waals surface area contributed by atoms with Crippen molar-refractivity contribution in [2.75, 3.05) is 14.2 Å². The molecule has 0 radical (unpaired) electrons. The molecule has 0 spiro atoms. The van der Waals surface area contributed by atoms with Gasteiger partial charge in [-0.05, 0) is 56.4 Å². The van der Waals surface area contributed by atoms with Gasteiger partial charge in [0.2, 0.25) is 0 Å². The number of methoxy groups -OCH3 is 2. The second-order valence-electron chi connectivity index (χ2n) is 8.29. The third kappa shape index (κ3) is 4.09. The Hall–Kier alpha value is -3.88. The molecule has 2 heterocycles. The predicted octanol–water partition coefficient (Wildman–Crippen LogP) is 2.44. The van der Waals surface area contributed by atoms with E-state index in [0.717, 1.165) is 24.8 Å². The van der Waals surface area contributed by atoms with Gasteiger partial charge >= 0.3 is 23.5 Å². The molecule has 9 nitrogen and oxygen atoms in total. The predicted molar refractivity (Wildman–Crippen MR) is 120 cm³/mol. The van der Waals surface area contributed by atoms with Gasteiger partial charge in [0.15, 0.2) is 0 Å². The number of hydrogen-bond acceptors (Lipinski definition) is 9. The van der Waals surface area contributed by atoms with Crippen LogP contribution < -0.4 is 10.9 Å². The zero-order chi connectivity index (χ0) is 24.6. The highest BCUT2D eigenvalue weighted by Gasteiger charge is 2.42. The van der Waals surface area contributed by atoms with Crippen LogP contribution in [0.5, 0.6) is 0 Å². The Morgan fingerprint density at radius 3 is 2.15 bits per heavy atom.